The molecule has 5 heteroatoms. The lowest BCUT2D eigenvalue weighted by molar-refractivity contribution is 0.594. The van der Waals surface area contributed by atoms with E-state index in [0.717, 1.165) is 27.5 Å². The molecule has 0 saturated heterocycles. The molecule has 1 aromatic heterocycles. The van der Waals surface area contributed by atoms with Crippen LogP contribution >= 0.6 is 0 Å². The van der Waals surface area contributed by atoms with E-state index in [1.165, 1.54) is 3.97 Å². The molecule has 0 aliphatic rings. The smallest absolute Gasteiger partial charge is 0.268 e. The highest BCUT2D eigenvalue weighted by Crippen LogP contribution is 2.34. The molecule has 0 spiro atoms. The molecule has 2 aromatic carbocycles. The maximum atomic E-state index is 13.9. The number of nitrogens with zero attached hydrogens (tertiary/aromatic N) is 1. The fourth-order valence-electron chi connectivity index (χ4n) is 3.78. The third-order valence-electron chi connectivity index (χ3n) is 5.60. The summed E-state index contributed by atoms with van der Waals surface area (Å²) >= 11 is 0. The summed E-state index contributed by atoms with van der Waals surface area (Å²) in [7, 11) is -3.98. The molecule has 0 saturated carbocycles. The van der Waals surface area contributed by atoms with Crippen LogP contribution in [-0.4, -0.2) is 12.4 Å². The molecule has 0 aliphatic heterocycles. The molecule has 2 N–H and O–H groups in total. The van der Waals surface area contributed by atoms with E-state index in [1.807, 2.05) is 101 Å². The highest BCUT2D eigenvalue weighted by molar-refractivity contribution is 7.94. The van der Waals surface area contributed by atoms with Crippen molar-refractivity contribution in [2.24, 2.45) is 0 Å². The molecule has 3 rings (SSSR count). The summed E-state index contributed by atoms with van der Waals surface area (Å²) in [6, 6.07) is 17.0. The number of hydrogen-bond donors (Lipinski definition) is 1. The third-order valence-corrected chi connectivity index (χ3v) is 7.26. The number of anilines is 1. The van der Waals surface area contributed by atoms with Crippen LogP contribution in [0.1, 0.15) is 27.7 Å². The fourth-order valence-corrected chi connectivity index (χ4v) is 5.15. The molecule has 0 unspecified atom stereocenters. The van der Waals surface area contributed by atoms with Gasteiger partial charge in [-0.2, -0.15) is 0 Å². The number of rotatable bonds is 6. The zero-order valence-electron chi connectivity index (χ0n) is 19.5. The van der Waals surface area contributed by atoms with Gasteiger partial charge in [0.2, 0.25) is 0 Å². The lowest BCUT2D eigenvalue weighted by Crippen LogP contribution is -2.33. The second kappa shape index (κ2) is 9.92. The zero-order chi connectivity index (χ0) is 24.2. The molecule has 1 heterocycles. The molecule has 0 radical (unpaired) electrons. The van der Waals surface area contributed by atoms with Gasteiger partial charge >= 0.3 is 0 Å². The zero-order valence-corrected chi connectivity index (χ0v) is 20.4. The molecule has 0 bridgehead atoms. The summed E-state index contributed by atoms with van der Waals surface area (Å²) in [5.41, 5.74) is 10.8. The number of hydrogen-bond acceptors (Lipinski definition) is 3. The normalized spacial score (nSPS) is 13.8. The minimum atomic E-state index is -3.98. The highest BCUT2D eigenvalue weighted by atomic mass is 32.2. The first-order valence-corrected chi connectivity index (χ1v) is 12.2. The maximum absolute atomic E-state index is 13.9. The Morgan fingerprint density at radius 3 is 2.15 bits per heavy atom. The Balaban J connectivity index is 2.52. The minimum absolute atomic E-state index is 0.00854. The van der Waals surface area contributed by atoms with Crippen molar-refractivity contribution in [1.82, 2.24) is 3.97 Å². The van der Waals surface area contributed by atoms with Crippen LogP contribution in [0.15, 0.2) is 89.9 Å². The van der Waals surface area contributed by atoms with Crippen molar-refractivity contribution in [1.29, 1.82) is 0 Å². The SMILES string of the molecule is C=C(/C=C\C(C)=C/C)S(=O)(=O)n1c(-c2ccccc2)c(-c2ccccc2N)c(=C/C)/c1=C\C. The Morgan fingerprint density at radius 2 is 1.58 bits per heavy atom. The number of aromatic nitrogens is 1. The van der Waals surface area contributed by atoms with Gasteiger partial charge < -0.3 is 5.73 Å². The first-order chi connectivity index (χ1) is 15.8. The molecule has 3 aromatic rings. The standard InChI is InChI=1S/C28H30N2O2S/c1-6-20(4)18-19-21(5)33(31,32)30-26(8-3)23(7-2)27(24-16-12-13-17-25(24)29)28(30)22-14-10-9-11-15-22/h6-19H,5,29H2,1-4H3/b19-18-,20-6-,23-7+,26-8+. The Morgan fingerprint density at radius 1 is 0.939 bits per heavy atom. The minimum Gasteiger partial charge on any atom is -0.398 e. The quantitative estimate of drug-likeness (QED) is 0.407. The predicted octanol–water partition coefficient (Wildman–Crippen LogP) is 5.22. The molecular formula is C28H30N2O2S. The van der Waals surface area contributed by atoms with E-state index in [4.69, 9.17) is 5.73 Å². The second-order valence-electron chi connectivity index (χ2n) is 7.65. The van der Waals surface area contributed by atoms with Gasteiger partial charge in [0.15, 0.2) is 0 Å². The van der Waals surface area contributed by atoms with Crippen LogP contribution in [0, 0.1) is 0 Å². The van der Waals surface area contributed by atoms with Crippen molar-refractivity contribution in [3.63, 3.8) is 0 Å². The number of nitrogen functional groups attached to an aromatic ring is 1. The Labute approximate surface area is 196 Å². The highest BCUT2D eigenvalue weighted by Gasteiger charge is 2.27. The van der Waals surface area contributed by atoms with Crippen molar-refractivity contribution in [3.05, 3.63) is 100 Å². The van der Waals surface area contributed by atoms with Gasteiger partial charge in [-0.1, -0.05) is 85.0 Å². The summed E-state index contributed by atoms with van der Waals surface area (Å²) in [4.78, 5) is 0.00854. The monoisotopic (exact) mass is 458 g/mol. The first-order valence-electron chi connectivity index (χ1n) is 10.8. The summed E-state index contributed by atoms with van der Waals surface area (Å²) < 4.78 is 29.3. The van der Waals surface area contributed by atoms with E-state index in [9.17, 15) is 8.42 Å². The van der Waals surface area contributed by atoms with E-state index >= 15 is 0 Å². The topological polar surface area (TPSA) is 65.1 Å². The third kappa shape index (κ3) is 4.50. The Hall–Kier alpha value is -3.57. The lowest BCUT2D eigenvalue weighted by Gasteiger charge is -2.14. The molecule has 0 amide bonds. The number of allylic oxidation sites excluding steroid dienone is 4. The van der Waals surface area contributed by atoms with Crippen molar-refractivity contribution in [3.8, 4) is 22.4 Å². The van der Waals surface area contributed by atoms with E-state index in [1.54, 1.807) is 12.2 Å². The van der Waals surface area contributed by atoms with Gasteiger partial charge in [-0.05, 0) is 45.4 Å². The van der Waals surface area contributed by atoms with Crippen LogP contribution in [0.25, 0.3) is 34.5 Å². The molecule has 170 valence electrons. The van der Waals surface area contributed by atoms with Gasteiger partial charge in [0.1, 0.15) is 0 Å². The summed E-state index contributed by atoms with van der Waals surface area (Å²) in [5.74, 6) is 0. The van der Waals surface area contributed by atoms with Crippen LogP contribution in [0.4, 0.5) is 5.69 Å². The van der Waals surface area contributed by atoms with Crippen LogP contribution in [0.2, 0.25) is 0 Å². The van der Waals surface area contributed by atoms with Gasteiger partial charge in [0.25, 0.3) is 10.0 Å². The molecule has 33 heavy (non-hydrogen) atoms. The number of nitrogens with two attached hydrogens (primary N) is 1. The second-order valence-corrected chi connectivity index (χ2v) is 9.49. The van der Waals surface area contributed by atoms with E-state index in [0.29, 0.717) is 16.7 Å². The Kier molecular flexibility index (Phi) is 7.24. The Bertz CT molecular complexity index is 1470. The van der Waals surface area contributed by atoms with Crippen molar-refractivity contribution >= 4 is 27.9 Å². The van der Waals surface area contributed by atoms with E-state index in [-0.39, 0.29) is 4.91 Å². The van der Waals surface area contributed by atoms with Gasteiger partial charge in [0, 0.05) is 22.0 Å². The van der Waals surface area contributed by atoms with Crippen LogP contribution < -0.4 is 16.3 Å². The summed E-state index contributed by atoms with van der Waals surface area (Å²) in [6.07, 6.45) is 8.95. The van der Waals surface area contributed by atoms with Crippen molar-refractivity contribution in [2.45, 2.75) is 27.7 Å². The van der Waals surface area contributed by atoms with E-state index in [2.05, 4.69) is 6.58 Å². The molecule has 0 atom stereocenters. The van der Waals surface area contributed by atoms with E-state index < -0.39 is 10.0 Å². The van der Waals surface area contributed by atoms with Gasteiger partial charge in [-0.15, -0.1) is 0 Å². The van der Waals surface area contributed by atoms with Gasteiger partial charge in [-0.3, -0.25) is 0 Å². The largest absolute Gasteiger partial charge is 0.398 e. The molecule has 0 aliphatic carbocycles. The van der Waals surface area contributed by atoms with Crippen molar-refractivity contribution < 1.29 is 8.42 Å². The average molecular weight is 459 g/mol. The molecule has 4 nitrogen and oxygen atoms in total. The average Bonchev–Trinajstić information content (AvgIpc) is 3.17. The van der Waals surface area contributed by atoms with Gasteiger partial charge in [0.05, 0.1) is 15.9 Å². The van der Waals surface area contributed by atoms with Crippen LogP contribution in [-0.2, 0) is 10.0 Å². The number of para-hydroxylation sites is 1. The fraction of sp³-hybridized carbons (Fsp3) is 0.143. The van der Waals surface area contributed by atoms with Crippen molar-refractivity contribution in [2.75, 3.05) is 5.73 Å². The summed E-state index contributed by atoms with van der Waals surface area (Å²) in [5, 5.41) is 1.38. The van der Waals surface area contributed by atoms with Crippen LogP contribution in [0.3, 0.4) is 0 Å². The first kappa shape index (κ1) is 24.1. The predicted molar refractivity (Wildman–Crippen MR) is 141 cm³/mol. The van der Waals surface area contributed by atoms with Crippen LogP contribution in [0.5, 0.6) is 0 Å². The molecule has 0 fully saturated rings. The lowest BCUT2D eigenvalue weighted by atomic mass is 9.98. The van der Waals surface area contributed by atoms with Gasteiger partial charge in [-0.25, -0.2) is 12.4 Å². The summed E-state index contributed by atoms with van der Waals surface area (Å²) in [6.45, 7) is 11.5. The number of benzene rings is 2. The maximum Gasteiger partial charge on any atom is 0.268 e. The molecular weight excluding hydrogens is 428 g/mol.